The molecule has 0 bridgehead atoms. The van der Waals surface area contributed by atoms with Gasteiger partial charge in [-0.3, -0.25) is 4.79 Å². The van der Waals surface area contributed by atoms with E-state index in [0.717, 1.165) is 10.6 Å². The summed E-state index contributed by atoms with van der Waals surface area (Å²) in [5.74, 6) is -0.881. The Morgan fingerprint density at radius 1 is 1.19 bits per heavy atom. The standard InChI is InChI=1S/C20H21N3O3S/c1-13-18(14(2)23(22-13)16-8-5-4-6-9-16)20(25)26-15(3)19(24)21-12-17-10-7-11-27-17/h4-11,15H,12H2,1-3H3,(H,21,24)/t15-/m1/s1. The number of carbonyl (C=O) groups excluding carboxylic acids is 2. The Hall–Kier alpha value is -2.93. The van der Waals surface area contributed by atoms with Gasteiger partial charge in [-0.1, -0.05) is 24.3 Å². The molecule has 3 rings (SSSR count). The number of amides is 1. The number of benzene rings is 1. The van der Waals surface area contributed by atoms with Gasteiger partial charge < -0.3 is 10.1 Å². The van der Waals surface area contributed by atoms with Crippen molar-refractivity contribution in [1.29, 1.82) is 0 Å². The van der Waals surface area contributed by atoms with Gasteiger partial charge in [0.2, 0.25) is 0 Å². The van der Waals surface area contributed by atoms with Gasteiger partial charge in [0, 0.05) is 4.88 Å². The molecule has 6 nitrogen and oxygen atoms in total. The van der Waals surface area contributed by atoms with Crippen LogP contribution in [0.25, 0.3) is 5.69 Å². The second-order valence-electron chi connectivity index (χ2n) is 6.14. The van der Waals surface area contributed by atoms with Crippen LogP contribution in [0.4, 0.5) is 0 Å². The number of rotatable bonds is 6. The Morgan fingerprint density at radius 2 is 1.93 bits per heavy atom. The fourth-order valence-corrected chi connectivity index (χ4v) is 3.41. The lowest BCUT2D eigenvalue weighted by Crippen LogP contribution is -2.35. The summed E-state index contributed by atoms with van der Waals surface area (Å²) in [6.45, 7) is 5.55. The van der Waals surface area contributed by atoms with Crippen LogP contribution in [0.15, 0.2) is 47.8 Å². The lowest BCUT2D eigenvalue weighted by molar-refractivity contribution is -0.129. The summed E-state index contributed by atoms with van der Waals surface area (Å²) in [4.78, 5) is 25.9. The topological polar surface area (TPSA) is 73.2 Å². The molecule has 0 aliphatic rings. The molecule has 0 saturated heterocycles. The van der Waals surface area contributed by atoms with Gasteiger partial charge in [0.1, 0.15) is 5.56 Å². The average Bonchev–Trinajstić information content (AvgIpc) is 3.28. The van der Waals surface area contributed by atoms with Crippen LogP contribution < -0.4 is 5.32 Å². The molecule has 0 aliphatic heterocycles. The summed E-state index contributed by atoms with van der Waals surface area (Å²) >= 11 is 1.56. The van der Waals surface area contributed by atoms with Crippen molar-refractivity contribution in [2.45, 2.75) is 33.4 Å². The summed E-state index contributed by atoms with van der Waals surface area (Å²) in [5.41, 5.74) is 2.48. The number of esters is 1. The van der Waals surface area contributed by atoms with Crippen molar-refractivity contribution in [2.24, 2.45) is 0 Å². The first-order chi connectivity index (χ1) is 13.0. The van der Waals surface area contributed by atoms with Gasteiger partial charge in [0.25, 0.3) is 5.91 Å². The van der Waals surface area contributed by atoms with Crippen LogP contribution in [-0.2, 0) is 16.1 Å². The highest BCUT2D eigenvalue weighted by Crippen LogP contribution is 2.19. The van der Waals surface area contributed by atoms with Crippen LogP contribution >= 0.6 is 11.3 Å². The summed E-state index contributed by atoms with van der Waals surface area (Å²) in [7, 11) is 0. The maximum absolute atomic E-state index is 12.6. The maximum Gasteiger partial charge on any atom is 0.342 e. The summed E-state index contributed by atoms with van der Waals surface area (Å²) < 4.78 is 7.08. The van der Waals surface area contributed by atoms with Crippen molar-refractivity contribution in [3.8, 4) is 5.69 Å². The summed E-state index contributed by atoms with van der Waals surface area (Å²) in [6.07, 6.45) is -0.892. The van der Waals surface area contributed by atoms with E-state index in [1.807, 2.05) is 54.8 Å². The van der Waals surface area contributed by atoms with E-state index >= 15 is 0 Å². The zero-order valence-electron chi connectivity index (χ0n) is 15.4. The normalized spacial score (nSPS) is 11.8. The van der Waals surface area contributed by atoms with Crippen LogP contribution in [0.5, 0.6) is 0 Å². The third-order valence-corrected chi connectivity index (χ3v) is 5.04. The molecule has 3 aromatic rings. The largest absolute Gasteiger partial charge is 0.449 e. The first-order valence-corrected chi connectivity index (χ1v) is 9.48. The fourth-order valence-electron chi connectivity index (χ4n) is 2.76. The third kappa shape index (κ3) is 4.25. The SMILES string of the molecule is Cc1nn(-c2ccccc2)c(C)c1C(=O)O[C@H](C)C(=O)NCc1cccs1. The Kier molecular flexibility index (Phi) is 5.71. The molecule has 0 radical (unpaired) electrons. The van der Waals surface area contributed by atoms with Crippen molar-refractivity contribution in [2.75, 3.05) is 0 Å². The third-order valence-electron chi connectivity index (χ3n) is 4.17. The van der Waals surface area contributed by atoms with E-state index in [-0.39, 0.29) is 5.91 Å². The molecule has 1 aromatic carbocycles. The number of nitrogens with one attached hydrogen (secondary N) is 1. The molecule has 1 amide bonds. The maximum atomic E-state index is 12.6. The molecule has 0 fully saturated rings. The highest BCUT2D eigenvalue weighted by atomic mass is 32.1. The number of carbonyl (C=O) groups is 2. The minimum Gasteiger partial charge on any atom is -0.449 e. The number of ether oxygens (including phenoxy) is 1. The molecule has 1 atom stereocenters. The molecule has 2 heterocycles. The lowest BCUT2D eigenvalue weighted by Gasteiger charge is -2.13. The van der Waals surface area contributed by atoms with Crippen LogP contribution in [0, 0.1) is 13.8 Å². The van der Waals surface area contributed by atoms with E-state index in [4.69, 9.17) is 4.74 Å². The van der Waals surface area contributed by atoms with Crippen LogP contribution in [0.1, 0.15) is 33.5 Å². The van der Waals surface area contributed by atoms with E-state index < -0.39 is 12.1 Å². The van der Waals surface area contributed by atoms with Gasteiger partial charge in [-0.05, 0) is 44.4 Å². The predicted molar refractivity (Wildman–Crippen MR) is 104 cm³/mol. The first-order valence-electron chi connectivity index (χ1n) is 8.60. The molecular formula is C20H21N3O3S. The molecule has 0 saturated carbocycles. The number of aromatic nitrogens is 2. The van der Waals surface area contributed by atoms with Crippen LogP contribution in [0.3, 0.4) is 0 Å². The van der Waals surface area contributed by atoms with Gasteiger partial charge in [-0.2, -0.15) is 5.10 Å². The van der Waals surface area contributed by atoms with E-state index in [9.17, 15) is 9.59 Å². The monoisotopic (exact) mass is 383 g/mol. The van der Waals surface area contributed by atoms with Gasteiger partial charge in [-0.15, -0.1) is 11.3 Å². The second kappa shape index (κ2) is 8.18. The Morgan fingerprint density at radius 3 is 2.59 bits per heavy atom. The number of hydrogen-bond acceptors (Lipinski definition) is 5. The van der Waals surface area contributed by atoms with Gasteiger partial charge in [0.15, 0.2) is 6.10 Å². The number of para-hydroxylation sites is 1. The van der Waals surface area contributed by atoms with Crippen molar-refractivity contribution in [3.05, 3.63) is 69.7 Å². The number of hydrogen-bond donors (Lipinski definition) is 1. The number of nitrogens with zero attached hydrogens (tertiary/aromatic N) is 2. The molecule has 0 unspecified atom stereocenters. The average molecular weight is 383 g/mol. The molecular weight excluding hydrogens is 362 g/mol. The molecule has 7 heteroatoms. The molecule has 0 aliphatic carbocycles. The number of thiophene rings is 1. The molecule has 1 N–H and O–H groups in total. The summed E-state index contributed by atoms with van der Waals surface area (Å²) in [6, 6.07) is 13.4. The van der Waals surface area contributed by atoms with Crippen LogP contribution in [-0.4, -0.2) is 27.8 Å². The minimum atomic E-state index is -0.892. The van der Waals surface area contributed by atoms with E-state index in [1.165, 1.54) is 0 Å². The van der Waals surface area contributed by atoms with Crippen LogP contribution in [0.2, 0.25) is 0 Å². The van der Waals surface area contributed by atoms with Crippen molar-refractivity contribution < 1.29 is 14.3 Å². The van der Waals surface area contributed by atoms with E-state index in [1.54, 1.807) is 29.9 Å². The Bertz CT molecular complexity index is 933. The smallest absolute Gasteiger partial charge is 0.342 e. The van der Waals surface area contributed by atoms with E-state index in [0.29, 0.717) is 23.5 Å². The second-order valence-corrected chi connectivity index (χ2v) is 7.17. The molecule has 140 valence electrons. The molecule has 2 aromatic heterocycles. The Balaban J connectivity index is 1.68. The van der Waals surface area contributed by atoms with Crippen molar-refractivity contribution in [3.63, 3.8) is 0 Å². The van der Waals surface area contributed by atoms with Gasteiger partial charge in [0.05, 0.1) is 23.6 Å². The minimum absolute atomic E-state index is 0.331. The number of aryl methyl sites for hydroxylation is 1. The molecule has 27 heavy (non-hydrogen) atoms. The zero-order chi connectivity index (χ0) is 19.4. The highest BCUT2D eigenvalue weighted by molar-refractivity contribution is 7.09. The predicted octanol–water partition coefficient (Wildman–Crippen LogP) is 3.41. The fraction of sp³-hybridized carbons (Fsp3) is 0.250. The van der Waals surface area contributed by atoms with Crippen molar-refractivity contribution >= 4 is 23.2 Å². The summed E-state index contributed by atoms with van der Waals surface area (Å²) in [5, 5.41) is 9.16. The quantitative estimate of drug-likeness (QED) is 0.662. The van der Waals surface area contributed by atoms with Gasteiger partial charge in [-0.25, -0.2) is 9.48 Å². The lowest BCUT2D eigenvalue weighted by atomic mass is 10.2. The van der Waals surface area contributed by atoms with Gasteiger partial charge >= 0.3 is 5.97 Å². The Labute approximate surface area is 161 Å². The zero-order valence-corrected chi connectivity index (χ0v) is 16.2. The van der Waals surface area contributed by atoms with Crippen molar-refractivity contribution in [1.82, 2.24) is 15.1 Å². The molecule has 0 spiro atoms. The van der Waals surface area contributed by atoms with E-state index in [2.05, 4.69) is 10.4 Å². The first kappa shape index (κ1) is 18.8. The highest BCUT2D eigenvalue weighted by Gasteiger charge is 2.25.